The molecule has 1 amide bonds. The van der Waals surface area contributed by atoms with E-state index in [9.17, 15) is 4.79 Å². The molecule has 37 heavy (non-hydrogen) atoms. The zero-order chi connectivity index (χ0) is 26.4. The van der Waals surface area contributed by atoms with Crippen LogP contribution in [0.2, 0.25) is 15.1 Å². The molecule has 0 aromatic heterocycles. The Bertz CT molecular complexity index is 1240. The largest absolute Gasteiger partial charge is 0.365 e. The van der Waals surface area contributed by atoms with E-state index in [-0.39, 0.29) is 19.1 Å². The van der Waals surface area contributed by atoms with Crippen LogP contribution >= 0.6 is 46.4 Å². The van der Waals surface area contributed by atoms with Crippen LogP contribution in [0, 0.1) is 6.92 Å². The zero-order valence-corrected chi connectivity index (χ0v) is 23.2. The van der Waals surface area contributed by atoms with Crippen molar-refractivity contribution >= 4 is 52.3 Å². The molecule has 1 aliphatic rings. The number of hydrogen-bond donors (Lipinski definition) is 1. The Morgan fingerprint density at radius 2 is 1.68 bits per heavy atom. The molecule has 2 atom stereocenters. The fourth-order valence-corrected chi connectivity index (χ4v) is 4.81. The molecule has 0 aliphatic carbocycles. The van der Waals surface area contributed by atoms with E-state index < -0.39 is 11.6 Å². The van der Waals surface area contributed by atoms with Crippen molar-refractivity contribution in [1.82, 2.24) is 15.1 Å². The number of ether oxygens (including phenoxy) is 1. The van der Waals surface area contributed by atoms with Crippen molar-refractivity contribution in [3.8, 4) is 0 Å². The van der Waals surface area contributed by atoms with Crippen LogP contribution in [0.15, 0.2) is 79.1 Å². The first kappa shape index (κ1) is 27.6. The van der Waals surface area contributed by atoms with Gasteiger partial charge in [0, 0.05) is 34.0 Å². The number of alkyl halides is 1. The molecule has 0 radical (unpaired) electrons. The van der Waals surface area contributed by atoms with Crippen LogP contribution < -0.4 is 5.32 Å². The number of rotatable bonds is 10. The second kappa shape index (κ2) is 12.9. The highest BCUT2D eigenvalue weighted by Gasteiger charge is 2.30. The van der Waals surface area contributed by atoms with Crippen LogP contribution in [-0.4, -0.2) is 34.4 Å². The number of amides is 1. The van der Waals surface area contributed by atoms with Crippen LogP contribution in [0.25, 0.3) is 0 Å². The first-order chi connectivity index (χ1) is 17.8. The minimum atomic E-state index is -0.552. The summed E-state index contributed by atoms with van der Waals surface area (Å²) in [6, 6.07) is 20.8. The van der Waals surface area contributed by atoms with Gasteiger partial charge >= 0.3 is 0 Å². The average molecular weight is 579 g/mol. The van der Waals surface area contributed by atoms with Crippen molar-refractivity contribution in [2.75, 3.05) is 13.2 Å². The number of aryl methyl sites for hydroxylation is 1. The number of hydrogen-bond acceptors (Lipinski definition) is 4. The summed E-state index contributed by atoms with van der Waals surface area (Å²) in [5.41, 5.74) is 3.37. The summed E-state index contributed by atoms with van der Waals surface area (Å²) in [4.78, 5) is 16.3. The van der Waals surface area contributed by atoms with Gasteiger partial charge in [0.25, 0.3) is 0 Å². The lowest BCUT2D eigenvalue weighted by atomic mass is 10.1. The Morgan fingerprint density at radius 1 is 0.973 bits per heavy atom. The molecular weight excluding hydrogens is 552 g/mol. The molecule has 0 saturated heterocycles. The van der Waals surface area contributed by atoms with Gasteiger partial charge in [0.1, 0.15) is 11.6 Å². The maximum absolute atomic E-state index is 12.5. The fraction of sp³-hybridized carbons (Fsp3) is 0.250. The van der Waals surface area contributed by atoms with Gasteiger partial charge in [-0.25, -0.2) is 0 Å². The summed E-state index contributed by atoms with van der Waals surface area (Å²) in [5, 5.41) is 4.67. The van der Waals surface area contributed by atoms with Crippen molar-refractivity contribution in [2.45, 2.75) is 31.7 Å². The number of carbonyl (C=O) groups excluding carboxylic acids is 1. The van der Waals surface area contributed by atoms with Gasteiger partial charge in [-0.2, -0.15) is 0 Å². The Labute approximate surface area is 237 Å². The van der Waals surface area contributed by atoms with Gasteiger partial charge in [-0.3, -0.25) is 4.79 Å². The highest BCUT2D eigenvalue weighted by atomic mass is 35.5. The zero-order valence-electron chi connectivity index (χ0n) is 20.2. The number of nitrogens with one attached hydrogen (secondary N) is 1. The van der Waals surface area contributed by atoms with Gasteiger partial charge in [0.05, 0.1) is 19.8 Å². The molecule has 194 valence electrons. The third kappa shape index (κ3) is 7.79. The summed E-state index contributed by atoms with van der Waals surface area (Å²) >= 11 is 25.4. The molecule has 3 aromatic carbocycles. The van der Waals surface area contributed by atoms with Crippen LogP contribution in [0.3, 0.4) is 0 Å². The minimum absolute atomic E-state index is 0.0684. The van der Waals surface area contributed by atoms with E-state index in [1.54, 1.807) is 24.3 Å². The summed E-state index contributed by atoms with van der Waals surface area (Å²) < 4.78 is 6.29. The lowest BCUT2D eigenvalue weighted by Gasteiger charge is -2.31. The Morgan fingerprint density at radius 3 is 2.38 bits per heavy atom. The molecule has 5 nitrogen and oxygen atoms in total. The Kier molecular flexibility index (Phi) is 9.63. The molecule has 0 saturated carbocycles. The Balaban J connectivity index is 1.37. The third-order valence-corrected chi connectivity index (χ3v) is 7.29. The lowest BCUT2D eigenvalue weighted by molar-refractivity contribution is -0.122. The van der Waals surface area contributed by atoms with E-state index in [4.69, 9.17) is 51.1 Å². The van der Waals surface area contributed by atoms with Crippen molar-refractivity contribution < 1.29 is 9.53 Å². The van der Waals surface area contributed by atoms with Gasteiger partial charge in [-0.05, 0) is 47.9 Å². The van der Waals surface area contributed by atoms with Crippen LogP contribution in [-0.2, 0) is 22.7 Å². The first-order valence-corrected chi connectivity index (χ1v) is 13.3. The quantitative estimate of drug-likeness (QED) is 0.205. The second-order valence-electron chi connectivity index (χ2n) is 8.85. The highest BCUT2D eigenvalue weighted by molar-refractivity contribution is 6.35. The maximum atomic E-state index is 12.5. The van der Waals surface area contributed by atoms with E-state index in [0.717, 1.165) is 16.7 Å². The molecule has 1 aliphatic heterocycles. The fourth-order valence-electron chi connectivity index (χ4n) is 3.87. The maximum Gasteiger partial charge on any atom is 0.239 e. The SMILES string of the molecule is Cc1ccc(CNC(=O)CN2C=CN(C(Cl)C(OCc3ccc(Cl)cc3Cl)c3ccc(Cl)cc3)C2)cc1. The average Bonchev–Trinajstić information content (AvgIpc) is 3.34. The van der Waals surface area contributed by atoms with E-state index in [1.165, 1.54) is 5.56 Å². The van der Waals surface area contributed by atoms with Gasteiger partial charge in [-0.1, -0.05) is 94.4 Å². The molecule has 1 heterocycles. The van der Waals surface area contributed by atoms with Crippen molar-refractivity contribution in [3.63, 3.8) is 0 Å². The smallest absolute Gasteiger partial charge is 0.239 e. The molecule has 2 unspecified atom stereocenters. The summed E-state index contributed by atoms with van der Waals surface area (Å²) in [6.07, 6.45) is 3.23. The van der Waals surface area contributed by atoms with Gasteiger partial charge < -0.3 is 19.9 Å². The third-order valence-electron chi connectivity index (χ3n) is 5.97. The van der Waals surface area contributed by atoms with E-state index >= 15 is 0 Å². The second-order valence-corrected chi connectivity index (χ2v) is 10.6. The number of benzene rings is 3. The van der Waals surface area contributed by atoms with Crippen LogP contribution in [0.5, 0.6) is 0 Å². The molecule has 3 aromatic rings. The van der Waals surface area contributed by atoms with E-state index in [1.807, 2.05) is 71.6 Å². The van der Waals surface area contributed by atoms with Crippen molar-refractivity contribution in [3.05, 3.63) is 116 Å². The van der Waals surface area contributed by atoms with Gasteiger partial charge in [-0.15, -0.1) is 0 Å². The lowest BCUT2D eigenvalue weighted by Crippen LogP contribution is -2.39. The molecule has 1 N–H and O–H groups in total. The van der Waals surface area contributed by atoms with Crippen LogP contribution in [0.4, 0.5) is 0 Å². The van der Waals surface area contributed by atoms with Crippen molar-refractivity contribution in [2.24, 2.45) is 0 Å². The van der Waals surface area contributed by atoms with E-state index in [2.05, 4.69) is 5.32 Å². The van der Waals surface area contributed by atoms with Crippen molar-refractivity contribution in [1.29, 1.82) is 0 Å². The summed E-state index contributed by atoms with van der Waals surface area (Å²) in [6.45, 7) is 3.43. The monoisotopic (exact) mass is 577 g/mol. The number of nitrogens with zero attached hydrogens (tertiary/aromatic N) is 2. The number of carbonyl (C=O) groups is 1. The predicted octanol–water partition coefficient (Wildman–Crippen LogP) is 7.14. The minimum Gasteiger partial charge on any atom is -0.365 e. The molecule has 0 fully saturated rings. The summed E-state index contributed by atoms with van der Waals surface area (Å²) in [5.74, 6) is -0.0684. The molecular formula is C28H27Cl4N3O2. The molecule has 0 spiro atoms. The molecule has 0 bridgehead atoms. The van der Waals surface area contributed by atoms with Gasteiger partial charge in [0.15, 0.2) is 0 Å². The standard InChI is InChI=1S/C28H27Cl4N3O2/c1-19-2-4-20(5-3-19)15-33-26(36)16-34-12-13-35(18-34)28(32)27(21-6-9-23(29)10-7-21)37-17-22-8-11-24(30)14-25(22)31/h2-14,27-28H,15-18H2,1H3,(H,33,36). The highest BCUT2D eigenvalue weighted by Crippen LogP contribution is 2.32. The predicted molar refractivity (Wildman–Crippen MR) is 151 cm³/mol. The molecule has 9 heteroatoms. The molecule has 4 rings (SSSR count). The van der Waals surface area contributed by atoms with Crippen LogP contribution in [0.1, 0.15) is 28.4 Å². The van der Waals surface area contributed by atoms with E-state index in [0.29, 0.717) is 28.3 Å². The Hall–Kier alpha value is -2.41. The topological polar surface area (TPSA) is 44.8 Å². The summed E-state index contributed by atoms with van der Waals surface area (Å²) in [7, 11) is 0. The number of halogens is 4. The first-order valence-electron chi connectivity index (χ1n) is 11.7. The normalized spacial score (nSPS) is 14.6. The van der Waals surface area contributed by atoms with Gasteiger partial charge in [0.2, 0.25) is 5.91 Å².